The Morgan fingerprint density at radius 3 is 2.53 bits per heavy atom. The highest BCUT2D eigenvalue weighted by Crippen LogP contribution is 2.39. The molecule has 1 aromatic carbocycles. The zero-order chi connectivity index (χ0) is 24.6. The number of allylic oxidation sites excluding steroid dienone is 2. The summed E-state index contributed by atoms with van der Waals surface area (Å²) in [6.45, 7) is 3.29. The molecule has 2 unspecified atom stereocenters. The summed E-state index contributed by atoms with van der Waals surface area (Å²) < 4.78 is 28.8. The summed E-state index contributed by atoms with van der Waals surface area (Å²) in [5.74, 6) is -2.05. The lowest BCUT2D eigenvalue weighted by molar-refractivity contribution is 0.374. The van der Waals surface area contributed by atoms with E-state index in [1.807, 2.05) is 0 Å². The number of nitrogens with zero attached hydrogens (tertiary/aromatic N) is 5. The quantitative estimate of drug-likeness (QED) is 0.419. The van der Waals surface area contributed by atoms with Crippen molar-refractivity contribution in [2.24, 2.45) is 10.9 Å². The van der Waals surface area contributed by atoms with E-state index in [9.17, 15) is 29.2 Å². The molecule has 0 amide bonds. The molecule has 3 aromatic rings. The zero-order valence-corrected chi connectivity index (χ0v) is 19.1. The summed E-state index contributed by atoms with van der Waals surface area (Å²) >= 11 is 0. The number of hydrogen-bond acceptors (Lipinski definition) is 8. The Bertz CT molecular complexity index is 1510. The van der Waals surface area contributed by atoms with E-state index in [1.54, 1.807) is 32.0 Å². The number of nitriles is 2. The number of aliphatic imine (C=N–C) groups is 1. The molecule has 34 heavy (non-hydrogen) atoms. The first kappa shape index (κ1) is 22.9. The van der Waals surface area contributed by atoms with Crippen LogP contribution in [0.15, 0.2) is 46.6 Å². The summed E-state index contributed by atoms with van der Waals surface area (Å²) in [4.78, 5) is 4.34. The molecule has 0 saturated carbocycles. The molecule has 12 heteroatoms. The van der Waals surface area contributed by atoms with Crippen molar-refractivity contribution in [3.05, 3.63) is 47.2 Å². The van der Waals surface area contributed by atoms with Crippen molar-refractivity contribution in [2.75, 3.05) is 10.5 Å². The lowest BCUT2D eigenvalue weighted by Crippen LogP contribution is -2.24. The fraction of sp³-hybridized carbons (Fsp3) is 0.273. The third-order valence-corrected chi connectivity index (χ3v) is 7.03. The van der Waals surface area contributed by atoms with Crippen molar-refractivity contribution in [1.82, 2.24) is 14.8 Å². The summed E-state index contributed by atoms with van der Waals surface area (Å²) in [6.07, 6.45) is 0. The van der Waals surface area contributed by atoms with Crippen LogP contribution in [0.5, 0.6) is 11.8 Å². The smallest absolute Gasteiger partial charge is 0.235 e. The fourth-order valence-corrected chi connectivity index (χ4v) is 5.07. The van der Waals surface area contributed by atoms with Crippen LogP contribution in [0, 0.1) is 28.6 Å². The summed E-state index contributed by atoms with van der Waals surface area (Å²) in [5.41, 5.74) is 2.76. The molecule has 0 bridgehead atoms. The highest BCUT2D eigenvalue weighted by atomic mass is 32.2. The first-order valence-corrected chi connectivity index (χ1v) is 11.9. The number of rotatable bonds is 6. The summed E-state index contributed by atoms with van der Waals surface area (Å²) in [5, 5.41) is 46.2. The molecule has 0 saturated heterocycles. The van der Waals surface area contributed by atoms with Crippen molar-refractivity contribution in [1.29, 1.82) is 10.5 Å². The van der Waals surface area contributed by atoms with Gasteiger partial charge < -0.3 is 10.2 Å². The van der Waals surface area contributed by atoms with Crippen LogP contribution in [-0.2, 0) is 16.6 Å². The van der Waals surface area contributed by atoms with E-state index in [1.165, 1.54) is 12.1 Å². The lowest BCUT2D eigenvalue weighted by atomic mass is 9.76. The molecule has 4 N–H and O–H groups in total. The van der Waals surface area contributed by atoms with Crippen LogP contribution in [-0.4, -0.2) is 44.9 Å². The molecule has 4 rings (SSSR count). The predicted octanol–water partition coefficient (Wildman–Crippen LogP) is 2.71. The van der Waals surface area contributed by atoms with E-state index in [0.717, 1.165) is 4.57 Å². The average molecular weight is 480 g/mol. The van der Waals surface area contributed by atoms with E-state index in [-0.39, 0.29) is 24.1 Å². The molecule has 3 heterocycles. The maximum atomic E-state index is 12.7. The normalized spacial score (nSPS) is 18.4. The van der Waals surface area contributed by atoms with Gasteiger partial charge in [0.25, 0.3) is 0 Å². The molecule has 0 radical (unpaired) electrons. The van der Waals surface area contributed by atoms with Crippen LogP contribution in [0.25, 0.3) is 10.9 Å². The Morgan fingerprint density at radius 2 is 1.88 bits per heavy atom. The maximum absolute atomic E-state index is 12.7. The number of sulfonamides is 1. The Kier molecular flexibility index (Phi) is 5.77. The van der Waals surface area contributed by atoms with Gasteiger partial charge in [0.15, 0.2) is 17.6 Å². The van der Waals surface area contributed by atoms with Gasteiger partial charge in [0.1, 0.15) is 0 Å². The third kappa shape index (κ3) is 4.07. The molecule has 2 atom stereocenters. The van der Waals surface area contributed by atoms with Crippen molar-refractivity contribution >= 4 is 32.5 Å². The van der Waals surface area contributed by atoms with Gasteiger partial charge in [-0.15, -0.1) is 0 Å². The molecule has 11 nitrogen and oxygen atoms in total. The number of anilines is 1. The molecule has 1 aliphatic rings. The van der Waals surface area contributed by atoms with Crippen molar-refractivity contribution < 1.29 is 18.6 Å². The van der Waals surface area contributed by atoms with Gasteiger partial charge in [0.2, 0.25) is 10.0 Å². The number of H-pyrrole nitrogens is 1. The average Bonchev–Trinajstić information content (AvgIpc) is 3.33. The van der Waals surface area contributed by atoms with Gasteiger partial charge in [-0.3, -0.25) is 19.4 Å². The fourth-order valence-electron chi connectivity index (χ4n) is 4.09. The summed E-state index contributed by atoms with van der Waals surface area (Å²) in [6, 6.07) is 12.1. The minimum absolute atomic E-state index is 0.0618. The van der Waals surface area contributed by atoms with E-state index < -0.39 is 27.6 Å². The number of aromatic nitrogens is 3. The summed E-state index contributed by atoms with van der Waals surface area (Å²) in [7, 11) is -3.90. The number of aromatic hydroxyl groups is 2. The van der Waals surface area contributed by atoms with Crippen molar-refractivity contribution in [2.45, 2.75) is 26.3 Å². The molecular weight excluding hydrogens is 458 g/mol. The van der Waals surface area contributed by atoms with E-state index >= 15 is 0 Å². The second-order valence-electron chi connectivity index (χ2n) is 7.95. The van der Waals surface area contributed by atoms with Crippen LogP contribution < -0.4 is 4.72 Å². The molecule has 0 spiro atoms. The van der Waals surface area contributed by atoms with E-state index in [0.29, 0.717) is 33.4 Å². The molecule has 1 aliphatic heterocycles. The number of nitrogens with one attached hydrogen (secondary N) is 2. The van der Waals surface area contributed by atoms with Gasteiger partial charge in [-0.25, -0.2) is 8.42 Å². The van der Waals surface area contributed by atoms with Crippen molar-refractivity contribution in [3.8, 4) is 23.9 Å². The number of aromatic amines is 1. The first-order chi connectivity index (χ1) is 16.1. The van der Waals surface area contributed by atoms with Crippen LogP contribution >= 0.6 is 0 Å². The van der Waals surface area contributed by atoms with E-state index in [2.05, 4.69) is 32.1 Å². The molecule has 0 fully saturated rings. The van der Waals surface area contributed by atoms with Crippen LogP contribution in [0.4, 0.5) is 5.82 Å². The number of hydrogen-bond donors (Lipinski definition) is 4. The Hall–Kier alpha value is -4.29. The van der Waals surface area contributed by atoms with Gasteiger partial charge in [-0.05, 0) is 31.5 Å². The monoisotopic (exact) mass is 479 g/mol. The highest BCUT2D eigenvalue weighted by Gasteiger charge is 2.34. The second kappa shape index (κ2) is 8.57. The van der Waals surface area contributed by atoms with Gasteiger partial charge in [0, 0.05) is 35.7 Å². The molecular formula is C22H21N7O4S. The SMILES string of the molecule is CC1=NC(C)=C(C#N)C(c2ccc3[nH]nc(NS(=O)(=O)CCn4c(O)ccc4O)c3c2)C1C#N. The van der Waals surface area contributed by atoms with Crippen LogP contribution in [0.3, 0.4) is 0 Å². The maximum Gasteiger partial charge on any atom is 0.235 e. The Morgan fingerprint density at radius 1 is 1.18 bits per heavy atom. The standard InChI is InChI=1S/C22H21N7O4S/c1-12-16(10-23)21(17(11-24)13(2)25-12)14-3-4-18-15(9-14)22(27-26-18)28-34(32,33)8-7-29-19(30)5-6-20(29)31/h3-6,9,16,21,30-31H,7-8H2,1-2H3,(H2,26,27,28). The minimum Gasteiger partial charge on any atom is -0.494 e. The number of fused-ring (bicyclic) bond motifs is 1. The van der Waals surface area contributed by atoms with Crippen LogP contribution in [0.1, 0.15) is 25.3 Å². The van der Waals surface area contributed by atoms with Gasteiger partial charge in [-0.1, -0.05) is 6.07 Å². The van der Waals surface area contributed by atoms with Gasteiger partial charge in [-0.2, -0.15) is 15.6 Å². The van der Waals surface area contributed by atoms with E-state index in [4.69, 9.17) is 0 Å². The third-order valence-electron chi connectivity index (χ3n) is 5.80. The topological polar surface area (TPSA) is 180 Å². The Balaban J connectivity index is 1.66. The minimum atomic E-state index is -3.90. The lowest BCUT2D eigenvalue weighted by Gasteiger charge is -2.26. The molecule has 174 valence electrons. The van der Waals surface area contributed by atoms with Crippen molar-refractivity contribution in [3.63, 3.8) is 0 Å². The van der Waals surface area contributed by atoms with Gasteiger partial charge >= 0.3 is 0 Å². The van der Waals surface area contributed by atoms with Gasteiger partial charge in [0.05, 0.1) is 40.6 Å². The first-order valence-electron chi connectivity index (χ1n) is 10.3. The van der Waals surface area contributed by atoms with Crippen LogP contribution in [0.2, 0.25) is 0 Å². The highest BCUT2D eigenvalue weighted by molar-refractivity contribution is 7.92. The predicted molar refractivity (Wildman–Crippen MR) is 125 cm³/mol. The zero-order valence-electron chi connectivity index (χ0n) is 18.3. The Labute approximate surface area is 195 Å². The molecule has 2 aromatic heterocycles. The molecule has 0 aliphatic carbocycles. The second-order valence-corrected chi connectivity index (χ2v) is 9.79. The number of benzene rings is 1. The largest absolute Gasteiger partial charge is 0.494 e.